The van der Waals surface area contributed by atoms with Crippen LogP contribution in [0.25, 0.3) is 0 Å². The minimum atomic E-state index is -0.728. The quantitative estimate of drug-likeness (QED) is 0.367. The molecule has 3 aliphatic carbocycles. The van der Waals surface area contributed by atoms with Gasteiger partial charge in [-0.3, -0.25) is 4.79 Å². The molecule has 29 heavy (non-hydrogen) atoms. The summed E-state index contributed by atoms with van der Waals surface area (Å²) in [6.07, 6.45) is 14.8. The number of rotatable bonds is 10. The predicted molar refractivity (Wildman–Crippen MR) is 113 cm³/mol. The SMILES string of the molecule is CO[C@@]12CC[C@H](O)[C@@H](CCC(O)C3CCCCC3)[C@@H]1CC2=CCCCCC(=O)O. The number of methoxy groups -OCH3 is 1. The molecule has 0 aromatic carbocycles. The predicted octanol–water partition coefficient (Wildman–Crippen LogP) is 4.46. The first kappa shape index (κ1) is 22.8. The smallest absolute Gasteiger partial charge is 0.303 e. The first-order valence-electron chi connectivity index (χ1n) is 11.8. The lowest BCUT2D eigenvalue weighted by Gasteiger charge is -2.58. The van der Waals surface area contributed by atoms with E-state index in [1.807, 2.05) is 0 Å². The second kappa shape index (κ2) is 10.4. The molecule has 0 heterocycles. The van der Waals surface area contributed by atoms with E-state index < -0.39 is 5.97 Å². The monoisotopic (exact) mass is 408 g/mol. The lowest BCUT2D eigenvalue weighted by atomic mass is 9.52. The average Bonchev–Trinajstić information content (AvgIpc) is 2.71. The van der Waals surface area contributed by atoms with Gasteiger partial charge < -0.3 is 20.1 Å². The molecule has 3 fully saturated rings. The molecule has 5 heteroatoms. The van der Waals surface area contributed by atoms with Crippen LogP contribution in [0.1, 0.15) is 89.9 Å². The number of fused-ring (bicyclic) bond motifs is 1. The van der Waals surface area contributed by atoms with Crippen LogP contribution in [-0.4, -0.2) is 46.2 Å². The highest BCUT2D eigenvalue weighted by atomic mass is 16.5. The molecule has 0 aliphatic heterocycles. The summed E-state index contributed by atoms with van der Waals surface area (Å²) >= 11 is 0. The van der Waals surface area contributed by atoms with Crippen molar-refractivity contribution >= 4 is 5.97 Å². The second-order valence-electron chi connectivity index (χ2n) is 9.59. The van der Waals surface area contributed by atoms with E-state index >= 15 is 0 Å². The van der Waals surface area contributed by atoms with Crippen molar-refractivity contribution in [1.82, 2.24) is 0 Å². The molecule has 166 valence electrons. The van der Waals surface area contributed by atoms with Gasteiger partial charge in [-0.05, 0) is 81.6 Å². The van der Waals surface area contributed by atoms with Crippen LogP contribution in [0.4, 0.5) is 0 Å². The van der Waals surface area contributed by atoms with Crippen LogP contribution in [0.2, 0.25) is 0 Å². The number of hydrogen-bond acceptors (Lipinski definition) is 4. The zero-order valence-electron chi connectivity index (χ0n) is 18.0. The van der Waals surface area contributed by atoms with Crippen molar-refractivity contribution < 1.29 is 24.9 Å². The maximum Gasteiger partial charge on any atom is 0.303 e. The zero-order valence-corrected chi connectivity index (χ0v) is 18.0. The number of carboxylic acid groups (broad SMARTS) is 1. The minimum absolute atomic E-state index is 0.200. The van der Waals surface area contributed by atoms with Gasteiger partial charge in [0.05, 0.1) is 17.8 Å². The summed E-state index contributed by atoms with van der Waals surface area (Å²) in [6, 6.07) is 0. The molecule has 0 bridgehead atoms. The van der Waals surface area contributed by atoms with Crippen molar-refractivity contribution in [2.45, 2.75) is 108 Å². The third-order valence-electron chi connectivity index (χ3n) is 7.99. The lowest BCUT2D eigenvalue weighted by Crippen LogP contribution is -2.59. The number of carboxylic acids is 1. The number of ether oxygens (including phenoxy) is 1. The van der Waals surface area contributed by atoms with Crippen LogP contribution in [-0.2, 0) is 9.53 Å². The largest absolute Gasteiger partial charge is 0.481 e. The summed E-state index contributed by atoms with van der Waals surface area (Å²) in [4.78, 5) is 10.6. The van der Waals surface area contributed by atoms with E-state index in [9.17, 15) is 15.0 Å². The summed E-state index contributed by atoms with van der Waals surface area (Å²) in [5, 5.41) is 30.1. The molecule has 3 N–H and O–H groups in total. The highest BCUT2D eigenvalue weighted by molar-refractivity contribution is 5.66. The minimum Gasteiger partial charge on any atom is -0.481 e. The molecule has 0 saturated heterocycles. The molecule has 3 rings (SSSR count). The summed E-state index contributed by atoms with van der Waals surface area (Å²) < 4.78 is 6.05. The van der Waals surface area contributed by atoms with E-state index in [1.54, 1.807) is 7.11 Å². The number of allylic oxidation sites excluding steroid dienone is 1. The maximum atomic E-state index is 10.7. The van der Waals surface area contributed by atoms with Gasteiger partial charge >= 0.3 is 5.97 Å². The van der Waals surface area contributed by atoms with Gasteiger partial charge in [0, 0.05) is 19.4 Å². The van der Waals surface area contributed by atoms with Crippen molar-refractivity contribution in [1.29, 1.82) is 0 Å². The van der Waals surface area contributed by atoms with Gasteiger partial charge in [-0.25, -0.2) is 0 Å². The molecule has 3 saturated carbocycles. The molecular weight excluding hydrogens is 368 g/mol. The van der Waals surface area contributed by atoms with Crippen LogP contribution >= 0.6 is 0 Å². The molecular formula is C24H40O5. The van der Waals surface area contributed by atoms with E-state index in [-0.39, 0.29) is 30.1 Å². The Morgan fingerprint density at radius 2 is 2.00 bits per heavy atom. The summed E-state index contributed by atoms with van der Waals surface area (Å²) in [7, 11) is 1.79. The normalized spacial score (nSPS) is 35.1. The Hall–Kier alpha value is -0.910. The van der Waals surface area contributed by atoms with Gasteiger partial charge in [0.25, 0.3) is 0 Å². The standard InChI is InChI=1S/C24H40O5/c1-29-24-15-14-22(26)19(12-13-21(25)17-8-4-2-5-9-17)20(24)16-18(24)10-6-3-7-11-23(27)28/h10,17,19-22,25-26H,2-9,11-16H2,1H3,(H,27,28)/t19-,20-,21?,22-,24+/m0/s1. The van der Waals surface area contributed by atoms with E-state index in [1.165, 1.54) is 24.8 Å². The number of aliphatic hydroxyl groups is 2. The van der Waals surface area contributed by atoms with Crippen LogP contribution in [0, 0.1) is 17.8 Å². The fourth-order valence-corrected chi connectivity index (χ4v) is 6.22. The van der Waals surface area contributed by atoms with E-state index in [0.717, 1.165) is 57.8 Å². The number of unbranched alkanes of at least 4 members (excludes halogenated alkanes) is 2. The highest BCUT2D eigenvalue weighted by Crippen LogP contribution is 2.58. The zero-order chi connectivity index (χ0) is 20.9. The molecule has 5 atom stereocenters. The van der Waals surface area contributed by atoms with E-state index in [2.05, 4.69) is 6.08 Å². The molecule has 3 aliphatic rings. The number of carbonyl (C=O) groups is 1. The summed E-state index contributed by atoms with van der Waals surface area (Å²) in [5.74, 6) is 0.250. The third kappa shape index (κ3) is 5.23. The maximum absolute atomic E-state index is 10.7. The molecule has 0 aromatic rings. The van der Waals surface area contributed by atoms with E-state index in [4.69, 9.17) is 9.84 Å². The Morgan fingerprint density at radius 1 is 1.24 bits per heavy atom. The molecule has 0 aromatic heterocycles. The Labute approximate surface area is 175 Å². The Bertz CT molecular complexity index is 568. The van der Waals surface area contributed by atoms with Gasteiger partial charge in [0.15, 0.2) is 0 Å². The topological polar surface area (TPSA) is 87.0 Å². The Morgan fingerprint density at radius 3 is 2.69 bits per heavy atom. The fourth-order valence-electron chi connectivity index (χ4n) is 6.22. The van der Waals surface area contributed by atoms with Gasteiger partial charge in [0.1, 0.15) is 0 Å². The van der Waals surface area contributed by atoms with Gasteiger partial charge in [0.2, 0.25) is 0 Å². The van der Waals surface area contributed by atoms with Crippen molar-refractivity contribution in [2.24, 2.45) is 17.8 Å². The molecule has 1 unspecified atom stereocenters. The highest BCUT2D eigenvalue weighted by Gasteiger charge is 2.58. The lowest BCUT2D eigenvalue weighted by molar-refractivity contribution is -0.155. The molecule has 0 amide bonds. The van der Waals surface area contributed by atoms with Crippen molar-refractivity contribution in [2.75, 3.05) is 7.11 Å². The first-order valence-corrected chi connectivity index (χ1v) is 11.8. The summed E-state index contributed by atoms with van der Waals surface area (Å²) in [5.41, 5.74) is 1.09. The summed E-state index contributed by atoms with van der Waals surface area (Å²) in [6.45, 7) is 0. The van der Waals surface area contributed by atoms with Crippen LogP contribution in [0.3, 0.4) is 0 Å². The van der Waals surface area contributed by atoms with Gasteiger partial charge in [-0.2, -0.15) is 0 Å². The van der Waals surface area contributed by atoms with Crippen LogP contribution < -0.4 is 0 Å². The third-order valence-corrected chi connectivity index (χ3v) is 7.99. The number of hydrogen-bond donors (Lipinski definition) is 3. The Balaban J connectivity index is 1.54. The van der Waals surface area contributed by atoms with Gasteiger partial charge in [-0.1, -0.05) is 25.3 Å². The second-order valence-corrected chi connectivity index (χ2v) is 9.59. The average molecular weight is 409 g/mol. The van der Waals surface area contributed by atoms with Crippen molar-refractivity contribution in [3.63, 3.8) is 0 Å². The number of aliphatic carboxylic acids is 1. The van der Waals surface area contributed by atoms with Gasteiger partial charge in [-0.15, -0.1) is 0 Å². The van der Waals surface area contributed by atoms with E-state index in [0.29, 0.717) is 18.3 Å². The molecule has 5 nitrogen and oxygen atoms in total. The van der Waals surface area contributed by atoms with Crippen LogP contribution in [0.15, 0.2) is 11.6 Å². The number of aliphatic hydroxyl groups excluding tert-OH is 2. The molecule has 0 spiro atoms. The Kier molecular flexibility index (Phi) is 8.17. The molecule has 0 radical (unpaired) electrons. The van der Waals surface area contributed by atoms with Crippen LogP contribution in [0.5, 0.6) is 0 Å². The fraction of sp³-hybridized carbons (Fsp3) is 0.875. The van der Waals surface area contributed by atoms with Crippen molar-refractivity contribution in [3.8, 4) is 0 Å². The first-order chi connectivity index (χ1) is 14.0. The van der Waals surface area contributed by atoms with Crippen molar-refractivity contribution in [3.05, 3.63) is 11.6 Å².